The molecule has 3 saturated carbocycles. The Hall–Kier alpha value is -0.340. The van der Waals surface area contributed by atoms with Crippen LogP contribution in [0.1, 0.15) is 105 Å². The van der Waals surface area contributed by atoms with Crippen LogP contribution < -0.4 is 0 Å². The fourth-order valence-electron chi connectivity index (χ4n) is 8.77. The van der Waals surface area contributed by atoms with E-state index in [0.717, 1.165) is 55.3 Å². The molecule has 2 nitrogen and oxygen atoms in total. The average Bonchev–Trinajstić information content (AvgIpc) is 3.06. The summed E-state index contributed by atoms with van der Waals surface area (Å²) in [5.41, 5.74) is 2.03. The number of aliphatic hydroxyl groups is 2. The molecule has 4 aliphatic rings. The molecule has 29 heavy (non-hydrogen) atoms. The Balaban J connectivity index is 1.52. The monoisotopic (exact) mass is 402 g/mol. The highest BCUT2D eigenvalue weighted by Gasteiger charge is 2.59. The maximum absolute atomic E-state index is 10.9. The molecule has 0 radical (unpaired) electrons. The normalized spacial score (nSPS) is 47.7. The standard InChI is InChI=1S/C27H46O2/c1-5-27(29)16-15-25(3)20(18-27)9-10-21-23-12-11-22(19(2)8-6-7-17-28)26(23,4)14-13-24(21)25/h9,19,21-24,28-29H,5-8,10-18H2,1-4H3/t19-,21+,22-,23+,24+,25+,26-,27+/m1/s1. The molecule has 0 unspecified atom stereocenters. The molecule has 0 amide bonds. The molecule has 3 fully saturated rings. The maximum atomic E-state index is 10.9. The van der Waals surface area contributed by atoms with E-state index in [0.29, 0.717) is 17.4 Å². The molecule has 8 atom stereocenters. The van der Waals surface area contributed by atoms with E-state index >= 15 is 0 Å². The summed E-state index contributed by atoms with van der Waals surface area (Å²) < 4.78 is 0. The summed E-state index contributed by atoms with van der Waals surface area (Å²) in [5.74, 6) is 4.28. The Labute approximate surface area is 179 Å². The van der Waals surface area contributed by atoms with Gasteiger partial charge in [-0.3, -0.25) is 0 Å². The lowest BCUT2D eigenvalue weighted by molar-refractivity contribution is -0.0755. The summed E-state index contributed by atoms with van der Waals surface area (Å²) in [6, 6.07) is 0. The summed E-state index contributed by atoms with van der Waals surface area (Å²) in [5, 5.41) is 20.1. The van der Waals surface area contributed by atoms with Gasteiger partial charge < -0.3 is 10.2 Å². The Kier molecular flexibility index (Phi) is 6.01. The lowest BCUT2D eigenvalue weighted by Crippen LogP contribution is -2.52. The van der Waals surface area contributed by atoms with Crippen LogP contribution in [0.2, 0.25) is 0 Å². The first kappa shape index (κ1) is 21.9. The number of fused-ring (bicyclic) bond motifs is 5. The van der Waals surface area contributed by atoms with Crippen molar-refractivity contribution in [2.24, 2.45) is 40.4 Å². The first-order valence-electron chi connectivity index (χ1n) is 12.8. The first-order chi connectivity index (χ1) is 13.8. The Bertz CT molecular complexity index is 626. The average molecular weight is 403 g/mol. The molecule has 4 rings (SSSR count). The Morgan fingerprint density at radius 1 is 1.07 bits per heavy atom. The SMILES string of the molecule is CC[C@]1(O)CC[C@@]2(C)C(=CC[C@H]3[C@@H]4CC[C@H]([C@H](C)CCCCO)[C@@]4(C)CC[C@@H]32)C1. The van der Waals surface area contributed by atoms with Crippen LogP contribution in [0.25, 0.3) is 0 Å². The third-order valence-corrected chi connectivity index (χ3v) is 10.7. The van der Waals surface area contributed by atoms with Crippen molar-refractivity contribution in [3.8, 4) is 0 Å². The van der Waals surface area contributed by atoms with E-state index in [2.05, 4.69) is 33.8 Å². The zero-order valence-corrected chi connectivity index (χ0v) is 19.6. The first-order valence-corrected chi connectivity index (χ1v) is 12.8. The van der Waals surface area contributed by atoms with Gasteiger partial charge in [-0.25, -0.2) is 0 Å². The van der Waals surface area contributed by atoms with Crippen molar-refractivity contribution in [2.75, 3.05) is 6.61 Å². The van der Waals surface area contributed by atoms with Crippen molar-refractivity contribution in [1.82, 2.24) is 0 Å². The van der Waals surface area contributed by atoms with Crippen molar-refractivity contribution >= 4 is 0 Å². The van der Waals surface area contributed by atoms with Gasteiger partial charge in [-0.05, 0) is 105 Å². The zero-order chi connectivity index (χ0) is 20.9. The maximum Gasteiger partial charge on any atom is 0.0682 e. The van der Waals surface area contributed by atoms with E-state index in [1.165, 1.54) is 51.4 Å². The second-order valence-corrected chi connectivity index (χ2v) is 11.9. The summed E-state index contributed by atoms with van der Waals surface area (Å²) in [6.45, 7) is 10.2. The van der Waals surface area contributed by atoms with E-state index in [1.54, 1.807) is 5.57 Å². The summed E-state index contributed by atoms with van der Waals surface area (Å²) in [7, 11) is 0. The molecule has 0 aliphatic heterocycles. The fraction of sp³-hybridized carbons (Fsp3) is 0.926. The van der Waals surface area contributed by atoms with Crippen molar-refractivity contribution in [3.05, 3.63) is 11.6 Å². The van der Waals surface area contributed by atoms with Gasteiger partial charge in [0.1, 0.15) is 0 Å². The molecule has 0 bridgehead atoms. The van der Waals surface area contributed by atoms with Crippen LogP contribution in [-0.4, -0.2) is 22.4 Å². The minimum Gasteiger partial charge on any atom is -0.396 e. The molecule has 2 N–H and O–H groups in total. The van der Waals surface area contributed by atoms with Crippen LogP contribution >= 0.6 is 0 Å². The van der Waals surface area contributed by atoms with Crippen LogP contribution in [0.15, 0.2) is 11.6 Å². The van der Waals surface area contributed by atoms with Crippen LogP contribution in [0.5, 0.6) is 0 Å². The topological polar surface area (TPSA) is 40.5 Å². The van der Waals surface area contributed by atoms with Crippen molar-refractivity contribution in [1.29, 1.82) is 0 Å². The molecule has 0 spiro atoms. The number of hydrogen-bond donors (Lipinski definition) is 2. The smallest absolute Gasteiger partial charge is 0.0682 e. The van der Waals surface area contributed by atoms with E-state index in [9.17, 15) is 5.11 Å². The highest BCUT2D eigenvalue weighted by molar-refractivity contribution is 5.27. The minimum atomic E-state index is -0.441. The van der Waals surface area contributed by atoms with Gasteiger partial charge in [0.2, 0.25) is 0 Å². The van der Waals surface area contributed by atoms with E-state index in [4.69, 9.17) is 5.11 Å². The van der Waals surface area contributed by atoms with Crippen LogP contribution in [0.4, 0.5) is 0 Å². The van der Waals surface area contributed by atoms with Gasteiger partial charge in [0.25, 0.3) is 0 Å². The number of rotatable bonds is 6. The van der Waals surface area contributed by atoms with Crippen molar-refractivity contribution in [2.45, 2.75) is 110 Å². The number of hydrogen-bond acceptors (Lipinski definition) is 2. The van der Waals surface area contributed by atoms with E-state index in [-0.39, 0.29) is 0 Å². The van der Waals surface area contributed by atoms with Gasteiger partial charge in [0, 0.05) is 6.61 Å². The molecular formula is C27H46O2. The fourth-order valence-corrected chi connectivity index (χ4v) is 8.77. The van der Waals surface area contributed by atoms with Crippen LogP contribution in [-0.2, 0) is 0 Å². The molecule has 0 aromatic heterocycles. The third kappa shape index (κ3) is 3.55. The van der Waals surface area contributed by atoms with E-state index in [1.807, 2.05) is 0 Å². The van der Waals surface area contributed by atoms with Gasteiger partial charge in [0.15, 0.2) is 0 Å². The van der Waals surface area contributed by atoms with Gasteiger partial charge in [-0.1, -0.05) is 52.2 Å². The molecule has 0 aromatic carbocycles. The predicted octanol–water partition coefficient (Wildman–Crippen LogP) is 6.51. The molecule has 0 heterocycles. The van der Waals surface area contributed by atoms with Gasteiger partial charge in [0.05, 0.1) is 5.60 Å². The van der Waals surface area contributed by atoms with Crippen molar-refractivity contribution in [3.63, 3.8) is 0 Å². The molecule has 166 valence electrons. The van der Waals surface area contributed by atoms with Crippen LogP contribution in [0, 0.1) is 40.4 Å². The van der Waals surface area contributed by atoms with Gasteiger partial charge >= 0.3 is 0 Å². The summed E-state index contributed by atoms with van der Waals surface area (Å²) in [6.07, 6.45) is 17.0. The lowest BCUT2D eigenvalue weighted by atomic mass is 9.46. The van der Waals surface area contributed by atoms with E-state index < -0.39 is 5.60 Å². The minimum absolute atomic E-state index is 0.344. The Morgan fingerprint density at radius 3 is 2.59 bits per heavy atom. The summed E-state index contributed by atoms with van der Waals surface area (Å²) in [4.78, 5) is 0. The number of unbranched alkanes of at least 4 members (excludes halogenated alkanes) is 1. The molecular weight excluding hydrogens is 356 g/mol. The van der Waals surface area contributed by atoms with Crippen LogP contribution in [0.3, 0.4) is 0 Å². The highest BCUT2D eigenvalue weighted by Crippen LogP contribution is 2.67. The second-order valence-electron chi connectivity index (χ2n) is 11.9. The largest absolute Gasteiger partial charge is 0.396 e. The molecule has 4 aliphatic carbocycles. The zero-order valence-electron chi connectivity index (χ0n) is 19.6. The molecule has 2 heteroatoms. The quantitative estimate of drug-likeness (QED) is 0.393. The third-order valence-electron chi connectivity index (χ3n) is 10.7. The predicted molar refractivity (Wildman–Crippen MR) is 121 cm³/mol. The number of allylic oxidation sites excluding steroid dienone is 1. The van der Waals surface area contributed by atoms with Gasteiger partial charge in [-0.15, -0.1) is 0 Å². The molecule has 0 aromatic rings. The number of aliphatic hydroxyl groups excluding tert-OH is 1. The van der Waals surface area contributed by atoms with Crippen molar-refractivity contribution < 1.29 is 10.2 Å². The van der Waals surface area contributed by atoms with Gasteiger partial charge in [-0.2, -0.15) is 0 Å². The molecule has 0 saturated heterocycles. The lowest BCUT2D eigenvalue weighted by Gasteiger charge is -2.59. The Morgan fingerprint density at radius 2 is 1.86 bits per heavy atom. The summed E-state index contributed by atoms with van der Waals surface area (Å²) >= 11 is 0. The second kappa shape index (κ2) is 7.97. The highest BCUT2D eigenvalue weighted by atomic mass is 16.3.